The summed E-state index contributed by atoms with van der Waals surface area (Å²) >= 11 is 0. The highest BCUT2D eigenvalue weighted by atomic mass is 19.1. The van der Waals surface area contributed by atoms with Crippen molar-refractivity contribution in [1.82, 2.24) is 4.90 Å². The molecule has 2 amide bonds. The number of anilines is 1. The van der Waals surface area contributed by atoms with Crippen LogP contribution < -0.4 is 5.32 Å². The van der Waals surface area contributed by atoms with Crippen LogP contribution in [0, 0.1) is 5.82 Å². The number of rotatable bonds is 3. The SMILES string of the molecule is COC1CC(C(=O)O)N(C(=O)c2cc3c(cc2F)NC(=O)CC3)C1. The number of carboxylic acid groups (broad SMARTS) is 1. The standard InChI is InChI=1S/C16H17FN2O5/c1-24-9-5-13(16(22)23)19(7-9)15(21)10-4-8-2-3-14(20)18-12(8)6-11(10)17/h4,6,9,13H,2-3,5,7H2,1H3,(H,18,20)(H,22,23). The molecule has 0 bridgehead atoms. The Morgan fingerprint density at radius 2 is 2.12 bits per heavy atom. The van der Waals surface area contributed by atoms with Crippen LogP contribution in [0.4, 0.5) is 10.1 Å². The average molecular weight is 336 g/mol. The summed E-state index contributed by atoms with van der Waals surface area (Å²) < 4.78 is 19.5. The third kappa shape index (κ3) is 2.84. The number of likely N-dealkylation sites (tertiary alicyclic amines) is 1. The molecular formula is C16H17FN2O5. The van der Waals surface area contributed by atoms with E-state index in [4.69, 9.17) is 4.74 Å². The number of hydrogen-bond acceptors (Lipinski definition) is 4. The fourth-order valence-electron chi connectivity index (χ4n) is 3.15. The largest absolute Gasteiger partial charge is 0.480 e. The minimum Gasteiger partial charge on any atom is -0.480 e. The third-order valence-corrected chi connectivity index (χ3v) is 4.46. The van der Waals surface area contributed by atoms with Gasteiger partial charge in [-0.05, 0) is 24.1 Å². The number of nitrogens with one attached hydrogen (secondary N) is 1. The zero-order valence-electron chi connectivity index (χ0n) is 13.0. The van der Waals surface area contributed by atoms with E-state index in [1.54, 1.807) is 0 Å². The zero-order valence-corrected chi connectivity index (χ0v) is 13.0. The van der Waals surface area contributed by atoms with E-state index >= 15 is 0 Å². The predicted molar refractivity (Wildman–Crippen MR) is 81.2 cm³/mol. The van der Waals surface area contributed by atoms with Gasteiger partial charge in [0.1, 0.15) is 11.9 Å². The molecule has 8 heteroatoms. The second-order valence-electron chi connectivity index (χ2n) is 5.94. The molecule has 1 aromatic carbocycles. The number of hydrogen-bond donors (Lipinski definition) is 2. The van der Waals surface area contributed by atoms with E-state index in [0.717, 1.165) is 11.0 Å². The number of amides is 2. The van der Waals surface area contributed by atoms with Crippen LogP contribution in [-0.4, -0.2) is 53.6 Å². The highest BCUT2D eigenvalue weighted by Gasteiger charge is 2.41. The monoisotopic (exact) mass is 336 g/mol. The lowest BCUT2D eigenvalue weighted by Gasteiger charge is -2.23. The van der Waals surface area contributed by atoms with Crippen molar-refractivity contribution in [2.24, 2.45) is 0 Å². The van der Waals surface area contributed by atoms with Gasteiger partial charge < -0.3 is 20.1 Å². The lowest BCUT2D eigenvalue weighted by Crippen LogP contribution is -2.41. The normalized spacial score (nSPS) is 22.9. The second-order valence-corrected chi connectivity index (χ2v) is 5.94. The van der Waals surface area contributed by atoms with Crippen molar-refractivity contribution in [3.63, 3.8) is 0 Å². The molecular weight excluding hydrogens is 319 g/mol. The van der Waals surface area contributed by atoms with Crippen molar-refractivity contribution < 1.29 is 28.6 Å². The first-order chi connectivity index (χ1) is 11.4. The molecule has 1 saturated heterocycles. The Labute approximate surface area is 137 Å². The number of aliphatic carboxylic acids is 1. The number of carboxylic acids is 1. The van der Waals surface area contributed by atoms with Gasteiger partial charge in [0.2, 0.25) is 5.91 Å². The van der Waals surface area contributed by atoms with Crippen molar-refractivity contribution >= 4 is 23.5 Å². The molecule has 2 unspecified atom stereocenters. The Bertz CT molecular complexity index is 721. The van der Waals surface area contributed by atoms with Crippen molar-refractivity contribution in [2.75, 3.05) is 19.0 Å². The molecule has 0 aliphatic carbocycles. The first kappa shape index (κ1) is 16.4. The third-order valence-electron chi connectivity index (χ3n) is 4.46. The number of carbonyl (C=O) groups is 3. The molecule has 24 heavy (non-hydrogen) atoms. The number of methoxy groups -OCH3 is 1. The number of ether oxygens (including phenoxy) is 1. The first-order valence-electron chi connectivity index (χ1n) is 7.59. The molecule has 0 aromatic heterocycles. The van der Waals surface area contributed by atoms with Gasteiger partial charge in [0, 0.05) is 32.2 Å². The minimum atomic E-state index is -1.14. The quantitative estimate of drug-likeness (QED) is 0.859. The van der Waals surface area contributed by atoms with Crippen molar-refractivity contribution in [3.8, 4) is 0 Å². The smallest absolute Gasteiger partial charge is 0.326 e. The highest BCUT2D eigenvalue weighted by molar-refractivity contribution is 5.99. The maximum absolute atomic E-state index is 14.3. The summed E-state index contributed by atoms with van der Waals surface area (Å²) in [6.45, 7) is 0.0968. The van der Waals surface area contributed by atoms with Crippen LogP contribution in [0.1, 0.15) is 28.8 Å². The van der Waals surface area contributed by atoms with E-state index in [9.17, 15) is 23.9 Å². The van der Waals surface area contributed by atoms with E-state index in [0.29, 0.717) is 17.7 Å². The van der Waals surface area contributed by atoms with Gasteiger partial charge in [-0.15, -0.1) is 0 Å². The van der Waals surface area contributed by atoms with Gasteiger partial charge in [-0.1, -0.05) is 0 Å². The summed E-state index contributed by atoms with van der Waals surface area (Å²) in [5.74, 6) is -2.81. The summed E-state index contributed by atoms with van der Waals surface area (Å²) in [6.07, 6.45) is 0.444. The molecule has 0 saturated carbocycles. The van der Waals surface area contributed by atoms with Crippen LogP contribution >= 0.6 is 0 Å². The summed E-state index contributed by atoms with van der Waals surface area (Å²) in [7, 11) is 1.44. The predicted octanol–water partition coefficient (Wildman–Crippen LogP) is 1.02. The average Bonchev–Trinajstić information content (AvgIpc) is 2.98. The molecule has 2 heterocycles. The molecule has 0 spiro atoms. The van der Waals surface area contributed by atoms with Gasteiger partial charge in [-0.25, -0.2) is 9.18 Å². The Morgan fingerprint density at radius 3 is 2.79 bits per heavy atom. The molecule has 2 aliphatic heterocycles. The maximum Gasteiger partial charge on any atom is 0.326 e. The van der Waals surface area contributed by atoms with Crippen molar-refractivity contribution in [2.45, 2.75) is 31.4 Å². The van der Waals surface area contributed by atoms with Crippen LogP contribution in [0.2, 0.25) is 0 Å². The number of aryl methyl sites for hydroxylation is 1. The Hall–Kier alpha value is -2.48. The lowest BCUT2D eigenvalue weighted by molar-refractivity contribution is -0.141. The highest BCUT2D eigenvalue weighted by Crippen LogP contribution is 2.29. The van der Waals surface area contributed by atoms with E-state index in [-0.39, 0.29) is 30.9 Å². The first-order valence-corrected chi connectivity index (χ1v) is 7.59. The number of carbonyl (C=O) groups excluding carboxylic acids is 2. The van der Waals surface area contributed by atoms with Crippen molar-refractivity contribution in [1.29, 1.82) is 0 Å². The van der Waals surface area contributed by atoms with Gasteiger partial charge in [0.25, 0.3) is 5.91 Å². The van der Waals surface area contributed by atoms with E-state index in [2.05, 4.69) is 5.32 Å². The zero-order chi connectivity index (χ0) is 17.4. The van der Waals surface area contributed by atoms with Crippen LogP contribution in [-0.2, 0) is 20.7 Å². The van der Waals surface area contributed by atoms with Crippen molar-refractivity contribution in [3.05, 3.63) is 29.1 Å². The maximum atomic E-state index is 14.3. The topological polar surface area (TPSA) is 95.9 Å². The Balaban J connectivity index is 1.92. The minimum absolute atomic E-state index is 0.0968. The summed E-state index contributed by atoms with van der Waals surface area (Å²) in [5, 5.41) is 11.9. The second kappa shape index (κ2) is 6.20. The Morgan fingerprint density at radius 1 is 1.38 bits per heavy atom. The molecule has 2 atom stereocenters. The van der Waals surface area contributed by atoms with Gasteiger partial charge in [0.15, 0.2) is 0 Å². The lowest BCUT2D eigenvalue weighted by atomic mass is 9.99. The van der Waals surface area contributed by atoms with Crippen LogP contribution in [0.15, 0.2) is 12.1 Å². The van der Waals surface area contributed by atoms with Gasteiger partial charge in [-0.2, -0.15) is 0 Å². The molecule has 2 aliphatic rings. The summed E-state index contributed by atoms with van der Waals surface area (Å²) in [6, 6.07) is 1.46. The Kier molecular flexibility index (Phi) is 4.23. The molecule has 1 aromatic rings. The van der Waals surface area contributed by atoms with Gasteiger partial charge >= 0.3 is 5.97 Å². The van der Waals surface area contributed by atoms with Crippen LogP contribution in [0.3, 0.4) is 0 Å². The fraction of sp³-hybridized carbons (Fsp3) is 0.438. The number of benzene rings is 1. The van der Waals surface area contributed by atoms with E-state index in [1.165, 1.54) is 13.2 Å². The molecule has 0 radical (unpaired) electrons. The molecule has 2 N–H and O–H groups in total. The van der Waals surface area contributed by atoms with Crippen LogP contribution in [0.25, 0.3) is 0 Å². The molecule has 3 rings (SSSR count). The number of nitrogens with zero attached hydrogens (tertiary/aromatic N) is 1. The molecule has 1 fully saturated rings. The van der Waals surface area contributed by atoms with Gasteiger partial charge in [-0.3, -0.25) is 9.59 Å². The van der Waals surface area contributed by atoms with Gasteiger partial charge in [0.05, 0.1) is 11.7 Å². The van der Waals surface area contributed by atoms with E-state index < -0.39 is 29.8 Å². The summed E-state index contributed by atoms with van der Waals surface area (Å²) in [4.78, 5) is 36.5. The summed E-state index contributed by atoms with van der Waals surface area (Å²) in [5.41, 5.74) is 0.827. The molecule has 7 nitrogen and oxygen atoms in total. The van der Waals surface area contributed by atoms with E-state index in [1.807, 2.05) is 0 Å². The fourth-order valence-corrected chi connectivity index (χ4v) is 3.15. The molecule has 128 valence electrons. The number of halogens is 1. The number of fused-ring (bicyclic) bond motifs is 1. The van der Waals surface area contributed by atoms with Crippen LogP contribution in [0.5, 0.6) is 0 Å².